The fraction of sp³-hybridized carbons (Fsp3) is 0.647. The van der Waals surface area contributed by atoms with Crippen molar-refractivity contribution in [1.29, 1.82) is 0 Å². The van der Waals surface area contributed by atoms with Crippen molar-refractivity contribution in [1.82, 2.24) is 10.2 Å². The van der Waals surface area contributed by atoms with E-state index in [-0.39, 0.29) is 6.10 Å². The molecule has 20 heavy (non-hydrogen) atoms. The zero-order valence-electron chi connectivity index (χ0n) is 13.1. The Morgan fingerprint density at radius 2 is 2.15 bits per heavy atom. The highest BCUT2D eigenvalue weighted by molar-refractivity contribution is 5.31. The highest BCUT2D eigenvalue weighted by Crippen LogP contribution is 2.27. The molecule has 1 aliphatic rings. The molecule has 1 aliphatic heterocycles. The van der Waals surface area contributed by atoms with E-state index in [1.54, 1.807) is 0 Å². The average Bonchev–Trinajstić information content (AvgIpc) is 2.44. The van der Waals surface area contributed by atoms with Gasteiger partial charge in [-0.25, -0.2) is 0 Å². The lowest BCUT2D eigenvalue weighted by Gasteiger charge is -2.29. The van der Waals surface area contributed by atoms with Crippen molar-refractivity contribution >= 4 is 0 Å². The Bertz CT molecular complexity index is 406. The molecule has 0 fully saturated rings. The summed E-state index contributed by atoms with van der Waals surface area (Å²) in [6, 6.07) is 8.69. The third kappa shape index (κ3) is 4.58. The van der Waals surface area contributed by atoms with Crippen LogP contribution in [0.5, 0.6) is 0 Å². The van der Waals surface area contributed by atoms with Gasteiger partial charge < -0.3 is 15.0 Å². The Morgan fingerprint density at radius 1 is 1.35 bits per heavy atom. The summed E-state index contributed by atoms with van der Waals surface area (Å²) in [7, 11) is 2.18. The van der Waals surface area contributed by atoms with Crippen molar-refractivity contribution < 1.29 is 4.74 Å². The summed E-state index contributed by atoms with van der Waals surface area (Å²) < 4.78 is 5.96. The van der Waals surface area contributed by atoms with E-state index in [9.17, 15) is 0 Å². The van der Waals surface area contributed by atoms with E-state index in [1.807, 2.05) is 0 Å². The van der Waals surface area contributed by atoms with Crippen molar-refractivity contribution in [2.75, 3.05) is 39.8 Å². The molecular weight excluding hydrogens is 248 g/mol. The predicted octanol–water partition coefficient (Wildman–Crippen LogP) is 2.48. The number of nitrogens with zero attached hydrogens (tertiary/aromatic N) is 1. The molecule has 0 amide bonds. The maximum absolute atomic E-state index is 5.96. The largest absolute Gasteiger partial charge is 0.372 e. The van der Waals surface area contributed by atoms with Gasteiger partial charge >= 0.3 is 0 Å². The maximum atomic E-state index is 5.96. The quantitative estimate of drug-likeness (QED) is 0.774. The Balaban J connectivity index is 1.79. The number of hydrogen-bond acceptors (Lipinski definition) is 3. The Kier molecular flexibility index (Phi) is 6.02. The molecule has 3 nitrogen and oxygen atoms in total. The van der Waals surface area contributed by atoms with Crippen LogP contribution in [0.1, 0.15) is 31.1 Å². The molecule has 1 atom stereocenters. The number of likely N-dealkylation sites (N-methyl/N-ethyl adjacent to an activating group) is 1. The molecule has 1 aromatic rings. The first-order valence-corrected chi connectivity index (χ1v) is 7.75. The summed E-state index contributed by atoms with van der Waals surface area (Å²) in [5.41, 5.74) is 2.83. The second-order valence-corrected chi connectivity index (χ2v) is 6.17. The molecule has 1 heterocycles. The van der Waals surface area contributed by atoms with E-state index in [4.69, 9.17) is 4.74 Å². The van der Waals surface area contributed by atoms with Gasteiger partial charge in [0.25, 0.3) is 0 Å². The van der Waals surface area contributed by atoms with E-state index < -0.39 is 0 Å². The maximum Gasteiger partial charge on any atom is 0.0954 e. The zero-order chi connectivity index (χ0) is 14.4. The molecule has 0 saturated heterocycles. The van der Waals surface area contributed by atoms with Crippen LogP contribution >= 0.6 is 0 Å². The molecule has 0 saturated carbocycles. The molecule has 112 valence electrons. The molecule has 2 rings (SSSR count). The summed E-state index contributed by atoms with van der Waals surface area (Å²) in [5, 5.41) is 3.49. The number of nitrogens with one attached hydrogen (secondary N) is 1. The first-order valence-electron chi connectivity index (χ1n) is 7.75. The van der Waals surface area contributed by atoms with Gasteiger partial charge in [0, 0.05) is 19.6 Å². The van der Waals surface area contributed by atoms with Crippen molar-refractivity contribution in [2.45, 2.75) is 26.4 Å². The second-order valence-electron chi connectivity index (χ2n) is 6.17. The normalized spacial score (nSPS) is 18.6. The Labute approximate surface area is 123 Å². The van der Waals surface area contributed by atoms with Gasteiger partial charge in [0.2, 0.25) is 0 Å². The van der Waals surface area contributed by atoms with Crippen LogP contribution in [0.2, 0.25) is 0 Å². The molecule has 1 aromatic carbocycles. The predicted molar refractivity (Wildman–Crippen MR) is 84.0 cm³/mol. The van der Waals surface area contributed by atoms with Crippen LogP contribution < -0.4 is 5.32 Å². The van der Waals surface area contributed by atoms with Gasteiger partial charge in [-0.1, -0.05) is 38.1 Å². The van der Waals surface area contributed by atoms with Gasteiger partial charge in [-0.05, 0) is 37.1 Å². The standard InChI is InChI=1S/C17H28N2O/c1-14(2)12-18-9-10-19(3)13-17-16-7-5-4-6-15(16)8-11-20-17/h4-7,14,17-18H,8-13H2,1-3H3. The highest BCUT2D eigenvalue weighted by Gasteiger charge is 2.21. The summed E-state index contributed by atoms with van der Waals surface area (Å²) in [5.74, 6) is 0.717. The van der Waals surface area contributed by atoms with Crippen LogP contribution in [-0.4, -0.2) is 44.7 Å². The summed E-state index contributed by atoms with van der Waals surface area (Å²) in [6.45, 7) is 9.50. The minimum Gasteiger partial charge on any atom is -0.372 e. The fourth-order valence-corrected chi connectivity index (χ4v) is 2.66. The first kappa shape index (κ1) is 15.5. The lowest BCUT2D eigenvalue weighted by Crippen LogP contribution is -2.35. The van der Waals surface area contributed by atoms with Crippen molar-refractivity contribution in [2.24, 2.45) is 5.92 Å². The molecule has 0 bridgehead atoms. The number of rotatable bonds is 7. The zero-order valence-corrected chi connectivity index (χ0v) is 13.1. The molecule has 0 radical (unpaired) electrons. The van der Waals surface area contributed by atoms with E-state index in [0.29, 0.717) is 5.92 Å². The summed E-state index contributed by atoms with van der Waals surface area (Å²) >= 11 is 0. The number of fused-ring (bicyclic) bond motifs is 1. The van der Waals surface area contributed by atoms with Crippen LogP contribution in [-0.2, 0) is 11.2 Å². The number of benzene rings is 1. The Morgan fingerprint density at radius 3 is 2.95 bits per heavy atom. The van der Waals surface area contributed by atoms with Gasteiger partial charge in [-0.15, -0.1) is 0 Å². The van der Waals surface area contributed by atoms with Crippen LogP contribution in [0.4, 0.5) is 0 Å². The van der Waals surface area contributed by atoms with Crippen molar-refractivity contribution in [3.8, 4) is 0 Å². The third-order valence-electron chi connectivity index (χ3n) is 3.79. The monoisotopic (exact) mass is 276 g/mol. The lowest BCUT2D eigenvalue weighted by molar-refractivity contribution is 0.0213. The number of hydrogen-bond donors (Lipinski definition) is 1. The first-order chi connectivity index (χ1) is 9.66. The fourth-order valence-electron chi connectivity index (χ4n) is 2.66. The highest BCUT2D eigenvalue weighted by atomic mass is 16.5. The van der Waals surface area contributed by atoms with Gasteiger partial charge in [-0.3, -0.25) is 0 Å². The van der Waals surface area contributed by atoms with E-state index in [1.165, 1.54) is 11.1 Å². The van der Waals surface area contributed by atoms with Gasteiger partial charge in [0.05, 0.1) is 12.7 Å². The van der Waals surface area contributed by atoms with Gasteiger partial charge in [0.15, 0.2) is 0 Å². The van der Waals surface area contributed by atoms with E-state index >= 15 is 0 Å². The SMILES string of the molecule is CC(C)CNCCN(C)CC1OCCc2ccccc21. The average molecular weight is 276 g/mol. The smallest absolute Gasteiger partial charge is 0.0954 e. The van der Waals surface area contributed by atoms with E-state index in [0.717, 1.165) is 39.2 Å². The molecule has 0 aliphatic carbocycles. The molecule has 0 spiro atoms. The van der Waals surface area contributed by atoms with Crippen molar-refractivity contribution in [3.05, 3.63) is 35.4 Å². The molecule has 1 N–H and O–H groups in total. The van der Waals surface area contributed by atoms with Crippen LogP contribution in [0.15, 0.2) is 24.3 Å². The molecule has 0 aromatic heterocycles. The van der Waals surface area contributed by atoms with Gasteiger partial charge in [-0.2, -0.15) is 0 Å². The third-order valence-corrected chi connectivity index (χ3v) is 3.79. The van der Waals surface area contributed by atoms with E-state index in [2.05, 4.69) is 55.4 Å². The Hall–Kier alpha value is -0.900. The van der Waals surface area contributed by atoms with Crippen LogP contribution in [0, 0.1) is 5.92 Å². The molecule has 3 heteroatoms. The summed E-state index contributed by atoms with van der Waals surface area (Å²) in [6.07, 6.45) is 1.28. The van der Waals surface area contributed by atoms with Crippen molar-refractivity contribution in [3.63, 3.8) is 0 Å². The molecular formula is C17H28N2O. The van der Waals surface area contributed by atoms with Gasteiger partial charge in [0.1, 0.15) is 0 Å². The minimum atomic E-state index is 0.232. The minimum absolute atomic E-state index is 0.232. The second kappa shape index (κ2) is 7.77. The van der Waals surface area contributed by atoms with Crippen LogP contribution in [0.25, 0.3) is 0 Å². The number of ether oxygens (including phenoxy) is 1. The van der Waals surface area contributed by atoms with Crippen LogP contribution in [0.3, 0.4) is 0 Å². The summed E-state index contributed by atoms with van der Waals surface area (Å²) in [4.78, 5) is 2.36. The lowest BCUT2D eigenvalue weighted by atomic mass is 9.97. The topological polar surface area (TPSA) is 24.5 Å². The molecule has 1 unspecified atom stereocenters.